The topological polar surface area (TPSA) is 67.6 Å². The summed E-state index contributed by atoms with van der Waals surface area (Å²) in [4.78, 5) is 14.2. The number of amides is 1. The predicted molar refractivity (Wildman–Crippen MR) is 92.2 cm³/mol. The highest BCUT2D eigenvalue weighted by Crippen LogP contribution is 2.19. The monoisotopic (exact) mass is 319 g/mol. The second-order valence-corrected chi connectivity index (χ2v) is 6.45. The van der Waals surface area contributed by atoms with E-state index in [4.69, 9.17) is 10.5 Å². The lowest BCUT2D eigenvalue weighted by Crippen LogP contribution is -2.40. The van der Waals surface area contributed by atoms with E-state index >= 15 is 0 Å². The summed E-state index contributed by atoms with van der Waals surface area (Å²) in [7, 11) is 1.69. The highest BCUT2D eigenvalue weighted by atomic mass is 16.5. The molecule has 1 heterocycles. The molecule has 3 N–H and O–H groups in total. The third-order valence-corrected chi connectivity index (χ3v) is 4.64. The van der Waals surface area contributed by atoms with Crippen LogP contribution in [0, 0.1) is 11.8 Å². The molecule has 5 nitrogen and oxygen atoms in total. The molecule has 0 bridgehead atoms. The number of methoxy groups -OCH3 is 1. The van der Waals surface area contributed by atoms with E-state index in [2.05, 4.69) is 22.3 Å². The summed E-state index contributed by atoms with van der Waals surface area (Å²) in [5.41, 5.74) is 6.83. The first kappa shape index (κ1) is 17.8. The van der Waals surface area contributed by atoms with Crippen molar-refractivity contribution in [2.75, 3.05) is 33.3 Å². The van der Waals surface area contributed by atoms with E-state index in [1.807, 2.05) is 19.1 Å². The second kappa shape index (κ2) is 8.89. The summed E-state index contributed by atoms with van der Waals surface area (Å²) in [6.45, 7) is 6.20. The molecule has 1 saturated heterocycles. The van der Waals surface area contributed by atoms with E-state index in [1.54, 1.807) is 7.11 Å². The van der Waals surface area contributed by atoms with Gasteiger partial charge in [-0.1, -0.05) is 19.1 Å². The minimum Gasteiger partial charge on any atom is -0.497 e. The number of rotatable bonds is 7. The zero-order valence-electron chi connectivity index (χ0n) is 14.3. The third kappa shape index (κ3) is 5.52. The van der Waals surface area contributed by atoms with Crippen LogP contribution in [0.25, 0.3) is 0 Å². The van der Waals surface area contributed by atoms with Crippen LogP contribution >= 0.6 is 0 Å². The van der Waals surface area contributed by atoms with Gasteiger partial charge in [-0.15, -0.1) is 0 Å². The Balaban J connectivity index is 1.70. The summed E-state index contributed by atoms with van der Waals surface area (Å²) in [5, 5.41) is 3.03. The summed E-state index contributed by atoms with van der Waals surface area (Å²) >= 11 is 0. The maximum atomic E-state index is 11.8. The van der Waals surface area contributed by atoms with Gasteiger partial charge in [0.05, 0.1) is 7.11 Å². The van der Waals surface area contributed by atoms with Gasteiger partial charge in [0.2, 0.25) is 5.91 Å². The quantitative estimate of drug-likeness (QED) is 0.801. The molecule has 1 unspecified atom stereocenters. The molecule has 1 fully saturated rings. The van der Waals surface area contributed by atoms with Gasteiger partial charge in [0.1, 0.15) is 5.75 Å². The van der Waals surface area contributed by atoms with Crippen LogP contribution in [0.3, 0.4) is 0 Å². The number of likely N-dealkylation sites (tertiary alicyclic amines) is 1. The van der Waals surface area contributed by atoms with Gasteiger partial charge in [0, 0.05) is 25.6 Å². The van der Waals surface area contributed by atoms with Crippen LogP contribution in [0.15, 0.2) is 24.3 Å². The van der Waals surface area contributed by atoms with Crippen molar-refractivity contribution in [3.8, 4) is 5.75 Å². The van der Waals surface area contributed by atoms with Crippen LogP contribution < -0.4 is 15.8 Å². The van der Waals surface area contributed by atoms with Gasteiger partial charge in [0.15, 0.2) is 0 Å². The van der Waals surface area contributed by atoms with Crippen molar-refractivity contribution in [3.05, 3.63) is 29.8 Å². The first-order valence-electron chi connectivity index (χ1n) is 8.45. The van der Waals surface area contributed by atoms with Crippen LogP contribution in [0.1, 0.15) is 25.3 Å². The van der Waals surface area contributed by atoms with Gasteiger partial charge in [-0.05, 0) is 49.5 Å². The van der Waals surface area contributed by atoms with Crippen molar-refractivity contribution >= 4 is 5.91 Å². The maximum Gasteiger partial charge on any atom is 0.224 e. The minimum atomic E-state index is -0.0924. The minimum absolute atomic E-state index is 0.0770. The SMILES string of the molecule is COc1ccc(CN2CCC(CNC(=O)C(C)CN)CC2)cc1. The fraction of sp³-hybridized carbons (Fsp3) is 0.611. The Morgan fingerprint density at radius 1 is 1.35 bits per heavy atom. The highest BCUT2D eigenvalue weighted by Gasteiger charge is 2.20. The van der Waals surface area contributed by atoms with Crippen molar-refractivity contribution in [3.63, 3.8) is 0 Å². The van der Waals surface area contributed by atoms with E-state index < -0.39 is 0 Å². The van der Waals surface area contributed by atoms with Crippen LogP contribution in [-0.4, -0.2) is 44.1 Å². The second-order valence-electron chi connectivity index (χ2n) is 6.45. The number of carbonyl (C=O) groups excluding carboxylic acids is 1. The lowest BCUT2D eigenvalue weighted by molar-refractivity contribution is -0.124. The van der Waals surface area contributed by atoms with Gasteiger partial charge in [-0.25, -0.2) is 0 Å². The van der Waals surface area contributed by atoms with Crippen LogP contribution in [0.5, 0.6) is 5.75 Å². The molecule has 1 amide bonds. The molecule has 1 aliphatic rings. The van der Waals surface area contributed by atoms with E-state index in [0.29, 0.717) is 12.5 Å². The summed E-state index contributed by atoms with van der Waals surface area (Å²) in [5.74, 6) is 1.46. The number of piperidine rings is 1. The van der Waals surface area contributed by atoms with Gasteiger partial charge in [0.25, 0.3) is 0 Å². The van der Waals surface area contributed by atoms with E-state index in [9.17, 15) is 4.79 Å². The lowest BCUT2D eigenvalue weighted by atomic mass is 9.96. The van der Waals surface area contributed by atoms with Crippen LogP contribution in [0.2, 0.25) is 0 Å². The van der Waals surface area contributed by atoms with Gasteiger partial charge in [-0.3, -0.25) is 9.69 Å². The van der Waals surface area contributed by atoms with Crippen molar-refractivity contribution < 1.29 is 9.53 Å². The molecule has 128 valence electrons. The average molecular weight is 319 g/mol. The number of hydrogen-bond acceptors (Lipinski definition) is 4. The normalized spacial score (nSPS) is 17.7. The van der Waals surface area contributed by atoms with Gasteiger partial charge in [-0.2, -0.15) is 0 Å². The third-order valence-electron chi connectivity index (χ3n) is 4.64. The summed E-state index contributed by atoms with van der Waals surface area (Å²) in [6, 6.07) is 8.27. The predicted octanol–water partition coefficient (Wildman–Crippen LogP) is 1.62. The molecule has 2 rings (SSSR count). The Bertz CT molecular complexity index is 482. The molecule has 1 aromatic rings. The maximum absolute atomic E-state index is 11.8. The fourth-order valence-electron chi connectivity index (χ4n) is 2.86. The standard InChI is InChI=1S/C18H29N3O2/c1-14(11-19)18(22)20-12-15-7-9-21(10-8-15)13-16-3-5-17(23-2)6-4-16/h3-6,14-15H,7-13,19H2,1-2H3,(H,20,22). The number of ether oxygens (including phenoxy) is 1. The van der Waals surface area contributed by atoms with E-state index in [1.165, 1.54) is 5.56 Å². The Morgan fingerprint density at radius 2 is 2.00 bits per heavy atom. The molecule has 0 aromatic heterocycles. The Morgan fingerprint density at radius 3 is 2.57 bits per heavy atom. The molecule has 1 aliphatic heterocycles. The molecular formula is C18H29N3O2. The molecular weight excluding hydrogens is 290 g/mol. The number of hydrogen-bond donors (Lipinski definition) is 2. The molecule has 1 atom stereocenters. The largest absolute Gasteiger partial charge is 0.497 e. The van der Waals surface area contributed by atoms with Crippen molar-refractivity contribution in [2.24, 2.45) is 17.6 Å². The van der Waals surface area contributed by atoms with E-state index in [0.717, 1.165) is 44.8 Å². The molecule has 0 radical (unpaired) electrons. The van der Waals surface area contributed by atoms with Crippen LogP contribution in [-0.2, 0) is 11.3 Å². The molecule has 23 heavy (non-hydrogen) atoms. The average Bonchev–Trinajstić information content (AvgIpc) is 2.60. The van der Waals surface area contributed by atoms with Crippen molar-refractivity contribution in [1.29, 1.82) is 0 Å². The summed E-state index contributed by atoms with van der Waals surface area (Å²) < 4.78 is 5.19. The fourth-order valence-corrected chi connectivity index (χ4v) is 2.86. The first-order valence-corrected chi connectivity index (χ1v) is 8.45. The van der Waals surface area contributed by atoms with Gasteiger partial charge < -0.3 is 15.8 Å². The molecule has 0 aliphatic carbocycles. The number of carbonyl (C=O) groups is 1. The number of nitrogens with zero attached hydrogens (tertiary/aromatic N) is 1. The number of nitrogens with one attached hydrogen (secondary N) is 1. The van der Waals surface area contributed by atoms with Gasteiger partial charge >= 0.3 is 0 Å². The smallest absolute Gasteiger partial charge is 0.224 e. The Hall–Kier alpha value is -1.59. The first-order chi connectivity index (χ1) is 11.1. The van der Waals surface area contributed by atoms with Crippen molar-refractivity contribution in [2.45, 2.75) is 26.3 Å². The zero-order valence-corrected chi connectivity index (χ0v) is 14.3. The number of nitrogens with two attached hydrogens (primary N) is 1. The van der Waals surface area contributed by atoms with Crippen molar-refractivity contribution in [1.82, 2.24) is 10.2 Å². The Kier molecular flexibility index (Phi) is 6.86. The molecule has 0 saturated carbocycles. The molecule has 0 spiro atoms. The highest BCUT2D eigenvalue weighted by molar-refractivity contribution is 5.78. The van der Waals surface area contributed by atoms with Crippen LogP contribution in [0.4, 0.5) is 0 Å². The number of benzene rings is 1. The summed E-state index contributed by atoms with van der Waals surface area (Å²) in [6.07, 6.45) is 2.26. The Labute approximate surface area is 139 Å². The lowest BCUT2D eigenvalue weighted by Gasteiger charge is -2.32. The zero-order chi connectivity index (χ0) is 16.7. The molecule has 1 aromatic carbocycles. The molecule has 5 heteroatoms. The van der Waals surface area contributed by atoms with E-state index in [-0.39, 0.29) is 11.8 Å².